The van der Waals surface area contributed by atoms with Crippen molar-refractivity contribution in [1.29, 1.82) is 0 Å². The smallest absolute Gasteiger partial charge is 0.327 e. The number of hydrogen-bond donors (Lipinski definition) is 2. The summed E-state index contributed by atoms with van der Waals surface area (Å²) in [6.45, 7) is 0. The standard InChI is InChI=1S/2C9H10ClNO2/c2*1-13-9(12)8(11)6-4-2-3-5-7(6)10/h2*2-5,8H,11H2,1H3/t8-;/m1./s1. The largest absolute Gasteiger partial charge is 0.468 e. The Morgan fingerprint density at radius 1 is 0.769 bits per heavy atom. The van der Waals surface area contributed by atoms with Gasteiger partial charge in [-0.05, 0) is 23.3 Å². The lowest BCUT2D eigenvalue weighted by Gasteiger charge is -2.10. The summed E-state index contributed by atoms with van der Waals surface area (Å²) in [6, 6.07) is 12.2. The summed E-state index contributed by atoms with van der Waals surface area (Å²) in [7, 11) is 2.58. The summed E-state index contributed by atoms with van der Waals surface area (Å²) in [6.07, 6.45) is 0. The number of halogens is 2. The van der Waals surface area contributed by atoms with Gasteiger partial charge in [-0.1, -0.05) is 59.6 Å². The lowest BCUT2D eigenvalue weighted by atomic mass is 10.1. The van der Waals surface area contributed by atoms with Gasteiger partial charge in [0.1, 0.15) is 12.1 Å². The quantitative estimate of drug-likeness (QED) is 0.766. The minimum Gasteiger partial charge on any atom is -0.468 e. The number of rotatable bonds is 4. The van der Waals surface area contributed by atoms with Gasteiger partial charge >= 0.3 is 11.9 Å². The molecule has 2 aromatic carbocycles. The van der Waals surface area contributed by atoms with Gasteiger partial charge in [0.25, 0.3) is 0 Å². The number of carbonyl (C=O) groups excluding carboxylic acids is 2. The average molecular weight is 399 g/mol. The van der Waals surface area contributed by atoms with Crippen molar-refractivity contribution in [1.82, 2.24) is 0 Å². The molecule has 0 amide bonds. The summed E-state index contributed by atoms with van der Waals surface area (Å²) >= 11 is 11.7. The molecule has 0 heterocycles. The molecule has 4 N–H and O–H groups in total. The van der Waals surface area contributed by atoms with Gasteiger partial charge in [0.2, 0.25) is 0 Å². The third-order valence-electron chi connectivity index (χ3n) is 3.39. The fourth-order valence-electron chi connectivity index (χ4n) is 1.96. The average Bonchev–Trinajstić information content (AvgIpc) is 2.67. The first-order valence-electron chi connectivity index (χ1n) is 7.49. The molecule has 0 aliphatic carbocycles. The van der Waals surface area contributed by atoms with Gasteiger partial charge in [-0.3, -0.25) is 9.59 Å². The summed E-state index contributed by atoms with van der Waals surface area (Å²) < 4.78 is 9.00. The molecule has 8 heteroatoms. The van der Waals surface area contributed by atoms with E-state index in [1.807, 2.05) is 0 Å². The van der Waals surface area contributed by atoms with E-state index >= 15 is 0 Å². The molecule has 0 spiro atoms. The van der Waals surface area contributed by atoms with Crippen molar-refractivity contribution in [3.05, 3.63) is 69.7 Å². The Hall–Kier alpha value is -2.12. The van der Waals surface area contributed by atoms with E-state index in [9.17, 15) is 9.59 Å². The Morgan fingerprint density at radius 3 is 1.35 bits per heavy atom. The summed E-state index contributed by atoms with van der Waals surface area (Å²) in [5, 5.41) is 0.945. The third-order valence-corrected chi connectivity index (χ3v) is 4.08. The minimum atomic E-state index is -0.807. The van der Waals surface area contributed by atoms with Crippen molar-refractivity contribution >= 4 is 35.1 Å². The highest BCUT2D eigenvalue weighted by Gasteiger charge is 2.18. The van der Waals surface area contributed by atoms with Gasteiger partial charge in [0, 0.05) is 10.0 Å². The number of hydrogen-bond acceptors (Lipinski definition) is 6. The Morgan fingerprint density at radius 2 is 1.08 bits per heavy atom. The Bertz CT molecular complexity index is 692. The van der Waals surface area contributed by atoms with Gasteiger partial charge < -0.3 is 20.9 Å². The molecular weight excluding hydrogens is 379 g/mol. The molecule has 0 aliphatic heterocycles. The molecule has 0 radical (unpaired) electrons. The van der Waals surface area contributed by atoms with Gasteiger partial charge in [0.05, 0.1) is 14.2 Å². The number of esters is 2. The van der Waals surface area contributed by atoms with Crippen LogP contribution in [-0.4, -0.2) is 26.2 Å². The van der Waals surface area contributed by atoms with Crippen LogP contribution in [0.15, 0.2) is 48.5 Å². The molecule has 140 valence electrons. The second kappa shape index (κ2) is 10.8. The maximum Gasteiger partial charge on any atom is 0.327 e. The van der Waals surface area contributed by atoms with Crippen molar-refractivity contribution in [2.24, 2.45) is 11.5 Å². The Kier molecular flexibility index (Phi) is 9.09. The normalized spacial score (nSPS) is 12.2. The summed E-state index contributed by atoms with van der Waals surface area (Å²) in [4.78, 5) is 22.1. The Labute approximate surface area is 162 Å². The molecule has 0 saturated carbocycles. The molecule has 0 bridgehead atoms. The molecular formula is C18H20Cl2N2O4. The van der Waals surface area contributed by atoms with Crippen LogP contribution in [0.1, 0.15) is 23.2 Å². The van der Waals surface area contributed by atoms with E-state index in [1.54, 1.807) is 48.5 Å². The van der Waals surface area contributed by atoms with Crippen LogP contribution in [0.4, 0.5) is 0 Å². The van der Waals surface area contributed by atoms with Crippen molar-refractivity contribution in [2.45, 2.75) is 12.1 Å². The van der Waals surface area contributed by atoms with Crippen molar-refractivity contribution < 1.29 is 19.1 Å². The van der Waals surface area contributed by atoms with Crippen LogP contribution >= 0.6 is 23.2 Å². The topological polar surface area (TPSA) is 105 Å². The molecule has 26 heavy (non-hydrogen) atoms. The number of ether oxygens (including phenoxy) is 2. The zero-order valence-corrected chi connectivity index (χ0v) is 15.8. The molecule has 2 aromatic rings. The maximum absolute atomic E-state index is 11.1. The van der Waals surface area contributed by atoms with Crippen molar-refractivity contribution in [2.75, 3.05) is 14.2 Å². The fourth-order valence-corrected chi connectivity index (χ4v) is 2.47. The maximum atomic E-state index is 11.1. The van der Waals surface area contributed by atoms with Crippen LogP contribution in [0.3, 0.4) is 0 Å². The molecule has 1 unspecified atom stereocenters. The highest BCUT2D eigenvalue weighted by atomic mass is 35.5. The summed E-state index contributed by atoms with van der Waals surface area (Å²) in [5.74, 6) is -0.985. The van der Waals surface area contributed by atoms with Crippen molar-refractivity contribution in [3.63, 3.8) is 0 Å². The fraction of sp³-hybridized carbons (Fsp3) is 0.222. The first kappa shape index (κ1) is 21.9. The first-order chi connectivity index (χ1) is 12.3. The van der Waals surface area contributed by atoms with E-state index in [0.717, 1.165) is 0 Å². The monoisotopic (exact) mass is 398 g/mol. The zero-order chi connectivity index (χ0) is 19.7. The third kappa shape index (κ3) is 6.00. The minimum absolute atomic E-state index is 0.473. The molecule has 0 saturated heterocycles. The predicted octanol–water partition coefficient (Wildman–Crippen LogP) is 3.03. The van der Waals surface area contributed by atoms with Crippen molar-refractivity contribution in [3.8, 4) is 0 Å². The van der Waals surface area contributed by atoms with Crippen LogP contribution in [0.25, 0.3) is 0 Å². The molecule has 2 atom stereocenters. The highest BCUT2D eigenvalue weighted by Crippen LogP contribution is 2.22. The van der Waals surface area contributed by atoms with E-state index in [1.165, 1.54) is 14.2 Å². The number of nitrogens with two attached hydrogens (primary N) is 2. The lowest BCUT2D eigenvalue weighted by molar-refractivity contribution is -0.143. The molecule has 6 nitrogen and oxygen atoms in total. The lowest BCUT2D eigenvalue weighted by Crippen LogP contribution is -2.22. The van der Waals surface area contributed by atoms with Crippen LogP contribution in [0.5, 0.6) is 0 Å². The van der Waals surface area contributed by atoms with Crippen LogP contribution < -0.4 is 11.5 Å². The second-order valence-electron chi connectivity index (χ2n) is 5.04. The Balaban J connectivity index is 0.000000260. The molecule has 0 fully saturated rings. The highest BCUT2D eigenvalue weighted by molar-refractivity contribution is 6.32. The first-order valence-corrected chi connectivity index (χ1v) is 8.24. The second-order valence-corrected chi connectivity index (χ2v) is 5.86. The zero-order valence-electron chi connectivity index (χ0n) is 14.3. The number of methoxy groups -OCH3 is 2. The van der Waals surface area contributed by atoms with E-state index < -0.39 is 24.0 Å². The van der Waals surface area contributed by atoms with Crippen LogP contribution in [0.2, 0.25) is 10.0 Å². The SMILES string of the molecule is COC(=O)C(N)c1ccccc1Cl.COC(=O)[C@H](N)c1ccccc1Cl. The predicted molar refractivity (Wildman–Crippen MR) is 101 cm³/mol. The summed E-state index contributed by atoms with van der Waals surface area (Å²) in [5.41, 5.74) is 12.3. The van der Waals surface area contributed by atoms with E-state index in [4.69, 9.17) is 34.7 Å². The molecule has 0 aromatic heterocycles. The van der Waals surface area contributed by atoms with Gasteiger partial charge in [-0.25, -0.2) is 0 Å². The number of carbonyl (C=O) groups is 2. The molecule has 2 rings (SSSR count). The van der Waals surface area contributed by atoms with E-state index in [0.29, 0.717) is 21.2 Å². The number of benzene rings is 2. The van der Waals surface area contributed by atoms with E-state index in [-0.39, 0.29) is 0 Å². The van der Waals surface area contributed by atoms with Crippen LogP contribution in [0, 0.1) is 0 Å². The van der Waals surface area contributed by atoms with Crippen LogP contribution in [-0.2, 0) is 19.1 Å². The van der Waals surface area contributed by atoms with E-state index in [2.05, 4.69) is 9.47 Å². The molecule has 0 aliphatic rings. The van der Waals surface area contributed by atoms with Gasteiger partial charge in [-0.15, -0.1) is 0 Å². The van der Waals surface area contributed by atoms with Gasteiger partial charge in [-0.2, -0.15) is 0 Å². The van der Waals surface area contributed by atoms with Gasteiger partial charge in [0.15, 0.2) is 0 Å².